The molecule has 4 rings (SSSR count). The van der Waals surface area contributed by atoms with Gasteiger partial charge in [-0.2, -0.15) is 0 Å². The van der Waals surface area contributed by atoms with Crippen LogP contribution in [0.5, 0.6) is 0 Å². The minimum absolute atomic E-state index is 0.0611. The van der Waals surface area contributed by atoms with Gasteiger partial charge in [0, 0.05) is 45.1 Å². The van der Waals surface area contributed by atoms with E-state index < -0.39 is 0 Å². The molecule has 1 atom stereocenters. The lowest BCUT2D eigenvalue weighted by atomic mass is 9.98. The Morgan fingerprint density at radius 1 is 1.42 bits per heavy atom. The predicted octanol–water partition coefficient (Wildman–Crippen LogP) is 2.02. The number of nitrogens with zero attached hydrogens (tertiary/aromatic N) is 4. The molecule has 0 N–H and O–H groups in total. The van der Waals surface area contributed by atoms with E-state index in [1.165, 1.54) is 18.5 Å². The van der Waals surface area contributed by atoms with E-state index in [-0.39, 0.29) is 11.8 Å². The average molecular weight is 328 g/mol. The van der Waals surface area contributed by atoms with Crippen LogP contribution in [0, 0.1) is 5.92 Å². The number of aromatic nitrogens is 3. The lowest BCUT2D eigenvalue weighted by Gasteiger charge is -2.33. The van der Waals surface area contributed by atoms with Crippen molar-refractivity contribution >= 4 is 5.91 Å². The summed E-state index contributed by atoms with van der Waals surface area (Å²) in [5, 5.41) is 0. The molecular weight excluding hydrogens is 304 g/mol. The van der Waals surface area contributed by atoms with E-state index in [1.54, 1.807) is 7.11 Å². The maximum absolute atomic E-state index is 12.9. The molecule has 0 radical (unpaired) electrons. The van der Waals surface area contributed by atoms with Crippen molar-refractivity contribution in [1.29, 1.82) is 0 Å². The van der Waals surface area contributed by atoms with Crippen molar-refractivity contribution in [3.8, 4) is 0 Å². The molecule has 1 aliphatic carbocycles. The van der Waals surface area contributed by atoms with Gasteiger partial charge in [0.05, 0.1) is 25.2 Å². The minimum atomic E-state index is 0.0611. The summed E-state index contributed by atoms with van der Waals surface area (Å²) in [6.07, 6.45) is 6.49. The Morgan fingerprint density at radius 2 is 2.25 bits per heavy atom. The summed E-state index contributed by atoms with van der Waals surface area (Å²) in [5.74, 6) is 1.05. The van der Waals surface area contributed by atoms with Crippen LogP contribution in [0.2, 0.25) is 0 Å². The fourth-order valence-electron chi connectivity index (χ4n) is 3.68. The highest BCUT2D eigenvalue weighted by Crippen LogP contribution is 2.34. The molecule has 0 aromatic carbocycles. The topological polar surface area (TPSA) is 52.3 Å². The smallest absolute Gasteiger partial charge is 0.270 e. The normalized spacial score (nSPS) is 20.2. The Balaban J connectivity index is 1.61. The van der Waals surface area contributed by atoms with Gasteiger partial charge in [0.15, 0.2) is 0 Å². The molecule has 2 aromatic rings. The second kappa shape index (κ2) is 6.09. The number of imidazole rings is 1. The molecule has 6 nitrogen and oxygen atoms in total. The second-order valence-corrected chi connectivity index (χ2v) is 7.01. The van der Waals surface area contributed by atoms with Gasteiger partial charge in [-0.3, -0.25) is 4.79 Å². The number of methoxy groups -OCH3 is 1. The SMILES string of the molecule is COC[C@H]1CN(C(=O)c2cccn2C)Cc2ncn(CC3CC3)c21. The first-order valence-electron chi connectivity index (χ1n) is 8.60. The van der Waals surface area contributed by atoms with Gasteiger partial charge in [-0.1, -0.05) is 0 Å². The average Bonchev–Trinajstić information content (AvgIpc) is 3.14. The largest absolute Gasteiger partial charge is 0.384 e. The third kappa shape index (κ3) is 2.75. The Hall–Kier alpha value is -2.08. The van der Waals surface area contributed by atoms with Crippen molar-refractivity contribution in [2.75, 3.05) is 20.3 Å². The fourth-order valence-corrected chi connectivity index (χ4v) is 3.68. The molecule has 24 heavy (non-hydrogen) atoms. The van der Waals surface area contributed by atoms with E-state index in [0.29, 0.717) is 25.4 Å². The number of fused-ring (bicyclic) bond motifs is 1. The number of ether oxygens (including phenoxy) is 1. The van der Waals surface area contributed by atoms with Crippen LogP contribution in [0.4, 0.5) is 0 Å². The maximum atomic E-state index is 12.9. The molecule has 1 amide bonds. The highest BCUT2D eigenvalue weighted by molar-refractivity contribution is 5.92. The summed E-state index contributed by atoms with van der Waals surface area (Å²) in [4.78, 5) is 19.4. The molecule has 1 fully saturated rings. The van der Waals surface area contributed by atoms with Crippen molar-refractivity contribution in [1.82, 2.24) is 19.0 Å². The van der Waals surface area contributed by atoms with E-state index >= 15 is 0 Å². The summed E-state index contributed by atoms with van der Waals surface area (Å²) < 4.78 is 9.60. The second-order valence-electron chi connectivity index (χ2n) is 7.01. The van der Waals surface area contributed by atoms with Crippen molar-refractivity contribution in [2.24, 2.45) is 13.0 Å². The molecule has 0 unspecified atom stereocenters. The van der Waals surface area contributed by atoms with E-state index in [2.05, 4.69) is 9.55 Å². The molecule has 1 saturated carbocycles. The van der Waals surface area contributed by atoms with E-state index in [4.69, 9.17) is 4.74 Å². The number of amides is 1. The number of carbonyl (C=O) groups excluding carboxylic acids is 1. The van der Waals surface area contributed by atoms with Gasteiger partial charge >= 0.3 is 0 Å². The summed E-state index contributed by atoms with van der Waals surface area (Å²) in [7, 11) is 3.62. The van der Waals surface area contributed by atoms with Crippen LogP contribution in [0.15, 0.2) is 24.7 Å². The van der Waals surface area contributed by atoms with Crippen molar-refractivity contribution in [3.05, 3.63) is 41.7 Å². The van der Waals surface area contributed by atoms with Crippen LogP contribution in [0.3, 0.4) is 0 Å². The quantitative estimate of drug-likeness (QED) is 0.844. The van der Waals surface area contributed by atoms with Gasteiger partial charge < -0.3 is 18.8 Å². The Kier molecular flexibility index (Phi) is 3.92. The van der Waals surface area contributed by atoms with Crippen LogP contribution >= 0.6 is 0 Å². The molecular formula is C18H24N4O2. The number of rotatable bonds is 5. The van der Waals surface area contributed by atoms with Crippen LogP contribution in [-0.4, -0.2) is 45.2 Å². The zero-order valence-electron chi connectivity index (χ0n) is 14.3. The van der Waals surface area contributed by atoms with E-state index in [1.807, 2.05) is 41.2 Å². The molecule has 128 valence electrons. The number of carbonyl (C=O) groups is 1. The first-order chi connectivity index (χ1) is 11.7. The molecule has 1 aliphatic heterocycles. The predicted molar refractivity (Wildman–Crippen MR) is 89.7 cm³/mol. The van der Waals surface area contributed by atoms with Crippen molar-refractivity contribution in [2.45, 2.75) is 31.8 Å². The molecule has 3 heterocycles. The fraction of sp³-hybridized carbons (Fsp3) is 0.556. The first-order valence-corrected chi connectivity index (χ1v) is 8.60. The molecule has 0 bridgehead atoms. The molecule has 0 spiro atoms. The van der Waals surface area contributed by atoms with Gasteiger partial charge in [-0.25, -0.2) is 4.98 Å². The minimum Gasteiger partial charge on any atom is -0.384 e. The standard InChI is InChI=1S/C18H24N4O2/c1-20-7-3-4-16(20)18(23)21-9-14(11-24-2)17-15(10-21)19-12-22(17)8-13-5-6-13/h3-4,7,12-14H,5-6,8-11H2,1-2H3/t14-/m1/s1. The summed E-state index contributed by atoms with van der Waals surface area (Å²) in [6.45, 7) is 2.92. The number of aryl methyl sites for hydroxylation is 1. The van der Waals surface area contributed by atoms with Gasteiger partial charge in [-0.15, -0.1) is 0 Å². The molecule has 0 saturated heterocycles. The highest BCUT2D eigenvalue weighted by atomic mass is 16.5. The summed E-state index contributed by atoms with van der Waals surface area (Å²) in [5.41, 5.74) is 3.00. The monoisotopic (exact) mass is 328 g/mol. The Labute approximate surface area is 142 Å². The van der Waals surface area contributed by atoms with Gasteiger partial charge in [0.25, 0.3) is 5.91 Å². The zero-order chi connectivity index (χ0) is 16.7. The van der Waals surface area contributed by atoms with Crippen LogP contribution in [0.1, 0.15) is 40.6 Å². The van der Waals surface area contributed by atoms with Crippen molar-refractivity contribution < 1.29 is 9.53 Å². The lowest BCUT2D eigenvalue weighted by molar-refractivity contribution is 0.0663. The molecule has 2 aromatic heterocycles. The third-order valence-electron chi connectivity index (χ3n) is 5.10. The lowest BCUT2D eigenvalue weighted by Crippen LogP contribution is -2.40. The van der Waals surface area contributed by atoms with Gasteiger partial charge in [-0.05, 0) is 30.9 Å². The van der Waals surface area contributed by atoms with E-state index in [9.17, 15) is 4.79 Å². The number of hydrogen-bond acceptors (Lipinski definition) is 3. The Morgan fingerprint density at radius 3 is 2.92 bits per heavy atom. The van der Waals surface area contributed by atoms with Gasteiger partial charge in [0.1, 0.15) is 5.69 Å². The third-order valence-corrected chi connectivity index (χ3v) is 5.10. The van der Waals surface area contributed by atoms with Crippen LogP contribution in [0.25, 0.3) is 0 Å². The van der Waals surface area contributed by atoms with Crippen LogP contribution < -0.4 is 0 Å². The highest BCUT2D eigenvalue weighted by Gasteiger charge is 2.34. The molecule has 6 heteroatoms. The Bertz CT molecular complexity index is 744. The first kappa shape index (κ1) is 15.4. The van der Waals surface area contributed by atoms with Gasteiger partial charge in [0.2, 0.25) is 0 Å². The summed E-state index contributed by atoms with van der Waals surface area (Å²) >= 11 is 0. The zero-order valence-corrected chi connectivity index (χ0v) is 14.3. The molecule has 2 aliphatic rings. The van der Waals surface area contributed by atoms with E-state index in [0.717, 1.165) is 18.2 Å². The maximum Gasteiger partial charge on any atom is 0.270 e. The summed E-state index contributed by atoms with van der Waals surface area (Å²) in [6, 6.07) is 3.77. The number of hydrogen-bond donors (Lipinski definition) is 0. The van der Waals surface area contributed by atoms with Crippen molar-refractivity contribution in [3.63, 3.8) is 0 Å². The van der Waals surface area contributed by atoms with Crippen LogP contribution in [-0.2, 0) is 24.9 Å².